The summed E-state index contributed by atoms with van der Waals surface area (Å²) in [6.45, 7) is 2.54. The molecule has 2 aromatic rings. The lowest BCUT2D eigenvalue weighted by Gasteiger charge is -2.22. The maximum atomic E-state index is 12.5. The van der Waals surface area contributed by atoms with E-state index in [1.165, 1.54) is 0 Å². The van der Waals surface area contributed by atoms with Crippen LogP contribution in [0.2, 0.25) is 5.02 Å². The summed E-state index contributed by atoms with van der Waals surface area (Å²) in [5.41, 5.74) is 1.71. The number of likely N-dealkylation sites (N-methyl/N-ethyl adjacent to an activating group) is 1. The van der Waals surface area contributed by atoms with E-state index in [-0.39, 0.29) is 11.9 Å². The lowest BCUT2D eigenvalue weighted by molar-refractivity contribution is -0.907. The van der Waals surface area contributed by atoms with Crippen molar-refractivity contribution in [3.05, 3.63) is 53.1 Å². The minimum Gasteiger partial charge on any atom is -0.497 e. The number of quaternary nitrogens is 1. The Hall–Kier alpha value is -2.24. The number of anilines is 1. The van der Waals surface area contributed by atoms with Gasteiger partial charge in [0.05, 0.1) is 21.3 Å². The molecule has 0 spiro atoms. The van der Waals surface area contributed by atoms with Crippen LogP contribution in [0.4, 0.5) is 5.69 Å². The molecule has 1 unspecified atom stereocenters. The second kappa shape index (κ2) is 8.74. The Bertz CT molecular complexity index is 736. The molecule has 134 valence electrons. The molecule has 1 amide bonds. The molecule has 0 aliphatic heterocycles. The zero-order valence-corrected chi connectivity index (χ0v) is 15.7. The molecule has 0 aromatic heterocycles. The number of rotatable bonds is 7. The van der Waals surface area contributed by atoms with Gasteiger partial charge in [-0.15, -0.1) is 0 Å². The Labute approximate surface area is 153 Å². The molecular weight excluding hydrogens is 340 g/mol. The smallest absolute Gasteiger partial charge is 0.282 e. The summed E-state index contributed by atoms with van der Waals surface area (Å²) in [6.07, 6.45) is 0. The van der Waals surface area contributed by atoms with Crippen molar-refractivity contribution in [1.29, 1.82) is 0 Å². The number of carbonyl (C=O) groups is 1. The highest BCUT2D eigenvalue weighted by Crippen LogP contribution is 2.23. The second-order valence-electron chi connectivity index (χ2n) is 5.92. The maximum absolute atomic E-state index is 12.5. The molecule has 0 bridgehead atoms. The van der Waals surface area contributed by atoms with E-state index in [9.17, 15) is 4.79 Å². The number of methoxy groups -OCH3 is 2. The molecule has 0 saturated heterocycles. The summed E-state index contributed by atoms with van der Waals surface area (Å²) in [7, 11) is 5.23. The van der Waals surface area contributed by atoms with Gasteiger partial charge in [0.2, 0.25) is 0 Å². The van der Waals surface area contributed by atoms with Crippen molar-refractivity contribution in [3.8, 4) is 11.5 Å². The molecular formula is C19H24ClN2O3+. The molecule has 0 saturated carbocycles. The summed E-state index contributed by atoms with van der Waals surface area (Å²) in [5.74, 6) is 1.43. The minimum absolute atomic E-state index is 0.0627. The number of hydrogen-bond donors (Lipinski definition) is 2. The SMILES string of the molecule is COc1ccc(C[NH+](C)[C@H](C)C(=O)Nc2cccc(Cl)c2)c(OC)c1. The molecule has 2 aromatic carbocycles. The highest BCUT2D eigenvalue weighted by atomic mass is 35.5. The van der Waals surface area contributed by atoms with E-state index in [0.717, 1.165) is 22.0 Å². The molecule has 2 N–H and O–H groups in total. The van der Waals surface area contributed by atoms with Crippen LogP contribution < -0.4 is 19.7 Å². The van der Waals surface area contributed by atoms with E-state index in [0.29, 0.717) is 17.3 Å². The number of amides is 1. The van der Waals surface area contributed by atoms with Crippen LogP contribution in [0.3, 0.4) is 0 Å². The van der Waals surface area contributed by atoms with Gasteiger partial charge in [-0.3, -0.25) is 4.79 Å². The molecule has 25 heavy (non-hydrogen) atoms. The lowest BCUT2D eigenvalue weighted by atomic mass is 10.1. The van der Waals surface area contributed by atoms with Crippen LogP contribution in [-0.4, -0.2) is 33.2 Å². The van der Waals surface area contributed by atoms with E-state index in [4.69, 9.17) is 21.1 Å². The van der Waals surface area contributed by atoms with Crippen molar-refractivity contribution in [3.63, 3.8) is 0 Å². The Morgan fingerprint density at radius 3 is 2.60 bits per heavy atom. The molecule has 2 rings (SSSR count). The number of nitrogens with one attached hydrogen (secondary N) is 2. The summed E-state index contributed by atoms with van der Waals surface area (Å²) < 4.78 is 10.6. The molecule has 0 aliphatic rings. The third kappa shape index (κ3) is 5.11. The Morgan fingerprint density at radius 2 is 1.96 bits per heavy atom. The molecule has 0 radical (unpaired) electrons. The highest BCUT2D eigenvalue weighted by molar-refractivity contribution is 6.30. The van der Waals surface area contributed by atoms with Gasteiger partial charge in [0.25, 0.3) is 5.91 Å². The molecule has 0 heterocycles. The first-order valence-electron chi connectivity index (χ1n) is 8.04. The topological polar surface area (TPSA) is 52.0 Å². The van der Waals surface area contributed by atoms with Crippen molar-refractivity contribution in [2.75, 3.05) is 26.6 Å². The average Bonchev–Trinajstić information content (AvgIpc) is 2.61. The first-order chi connectivity index (χ1) is 11.9. The number of hydrogen-bond acceptors (Lipinski definition) is 3. The highest BCUT2D eigenvalue weighted by Gasteiger charge is 2.23. The van der Waals surface area contributed by atoms with Crippen molar-refractivity contribution in [2.45, 2.75) is 19.5 Å². The number of halogens is 1. The van der Waals surface area contributed by atoms with Gasteiger partial charge in [-0.2, -0.15) is 0 Å². The van der Waals surface area contributed by atoms with Crippen molar-refractivity contribution in [2.24, 2.45) is 0 Å². The quantitative estimate of drug-likeness (QED) is 0.794. The monoisotopic (exact) mass is 363 g/mol. The number of carbonyl (C=O) groups excluding carboxylic acids is 1. The summed E-state index contributed by atoms with van der Waals surface area (Å²) in [5, 5.41) is 3.49. The van der Waals surface area contributed by atoms with Crippen LogP contribution in [0.5, 0.6) is 11.5 Å². The van der Waals surface area contributed by atoms with Crippen LogP contribution in [0.1, 0.15) is 12.5 Å². The largest absolute Gasteiger partial charge is 0.497 e. The fourth-order valence-electron chi connectivity index (χ4n) is 2.49. The Morgan fingerprint density at radius 1 is 1.20 bits per heavy atom. The first kappa shape index (κ1) is 19.1. The van der Waals surface area contributed by atoms with Gasteiger partial charge in [0.1, 0.15) is 18.0 Å². The maximum Gasteiger partial charge on any atom is 0.282 e. The van der Waals surface area contributed by atoms with Gasteiger partial charge >= 0.3 is 0 Å². The van der Waals surface area contributed by atoms with Gasteiger partial charge in [0.15, 0.2) is 6.04 Å². The first-order valence-corrected chi connectivity index (χ1v) is 8.42. The van der Waals surface area contributed by atoms with Crippen LogP contribution in [0, 0.1) is 0 Å². The Balaban J connectivity index is 2.04. The fourth-order valence-corrected chi connectivity index (χ4v) is 2.68. The second-order valence-corrected chi connectivity index (χ2v) is 6.36. The van der Waals surface area contributed by atoms with E-state index < -0.39 is 0 Å². The third-order valence-corrected chi connectivity index (χ3v) is 4.42. The number of ether oxygens (including phenoxy) is 2. The standard InChI is InChI=1S/C19H23ClN2O3/c1-13(19(23)21-16-7-5-6-15(20)10-16)22(2)12-14-8-9-17(24-3)11-18(14)25-4/h5-11,13H,12H2,1-4H3,(H,21,23)/p+1/t13-/m1/s1. The van der Waals surface area contributed by atoms with Crippen LogP contribution in [0.25, 0.3) is 0 Å². The molecule has 0 aliphatic carbocycles. The van der Waals surface area contributed by atoms with E-state index in [1.807, 2.05) is 38.2 Å². The summed E-state index contributed by atoms with van der Waals surface area (Å²) in [6, 6.07) is 12.6. The fraction of sp³-hybridized carbons (Fsp3) is 0.316. The van der Waals surface area contributed by atoms with Crippen LogP contribution in [-0.2, 0) is 11.3 Å². The van der Waals surface area contributed by atoms with E-state index >= 15 is 0 Å². The summed E-state index contributed by atoms with van der Waals surface area (Å²) in [4.78, 5) is 13.5. The van der Waals surface area contributed by atoms with Gasteiger partial charge in [-0.25, -0.2) is 0 Å². The minimum atomic E-state index is -0.245. The molecule has 2 atom stereocenters. The number of benzene rings is 2. The summed E-state index contributed by atoms with van der Waals surface area (Å²) >= 11 is 5.96. The third-order valence-electron chi connectivity index (χ3n) is 4.19. The average molecular weight is 364 g/mol. The molecule has 5 nitrogen and oxygen atoms in total. The molecule has 0 fully saturated rings. The van der Waals surface area contributed by atoms with Gasteiger partial charge < -0.3 is 19.7 Å². The van der Waals surface area contributed by atoms with E-state index in [2.05, 4.69) is 5.32 Å². The molecule has 6 heteroatoms. The zero-order chi connectivity index (χ0) is 18.4. The predicted molar refractivity (Wildman–Crippen MR) is 99.7 cm³/mol. The van der Waals surface area contributed by atoms with Gasteiger partial charge in [0, 0.05) is 22.3 Å². The van der Waals surface area contributed by atoms with Gasteiger partial charge in [-0.1, -0.05) is 17.7 Å². The van der Waals surface area contributed by atoms with Crippen molar-refractivity contribution >= 4 is 23.2 Å². The van der Waals surface area contributed by atoms with Gasteiger partial charge in [-0.05, 0) is 37.3 Å². The normalized spacial score (nSPS) is 13.0. The predicted octanol–water partition coefficient (Wildman–Crippen LogP) is 2.40. The van der Waals surface area contributed by atoms with Crippen LogP contribution in [0.15, 0.2) is 42.5 Å². The van der Waals surface area contributed by atoms with Crippen LogP contribution >= 0.6 is 11.6 Å². The zero-order valence-electron chi connectivity index (χ0n) is 14.9. The lowest BCUT2D eigenvalue weighted by Crippen LogP contribution is -3.12. The van der Waals surface area contributed by atoms with Crippen molar-refractivity contribution < 1.29 is 19.2 Å². The van der Waals surface area contributed by atoms with Crippen molar-refractivity contribution in [1.82, 2.24) is 0 Å². The van der Waals surface area contributed by atoms with E-state index in [1.54, 1.807) is 32.4 Å². The Kier molecular flexibility index (Phi) is 6.67.